The minimum absolute atomic E-state index is 0.0832. The summed E-state index contributed by atoms with van der Waals surface area (Å²) in [5.41, 5.74) is 1.21. The number of amides is 1. The number of nitrogens with one attached hydrogen (secondary N) is 1. The predicted molar refractivity (Wildman–Crippen MR) is 123 cm³/mol. The second-order valence-corrected chi connectivity index (χ2v) is 8.74. The summed E-state index contributed by atoms with van der Waals surface area (Å²) < 4.78 is 32.7. The maximum absolute atomic E-state index is 12.7. The number of alkyl halides is 2. The third-order valence-electron chi connectivity index (χ3n) is 5.03. The Bertz CT molecular complexity index is 1070. The Labute approximate surface area is 199 Å². The number of aromatic nitrogens is 3. The number of nitrogens with zero attached hydrogens (tertiary/aromatic N) is 4. The van der Waals surface area contributed by atoms with E-state index in [1.54, 1.807) is 12.1 Å². The van der Waals surface area contributed by atoms with E-state index in [0.29, 0.717) is 35.6 Å². The zero-order chi connectivity index (χ0) is 23.2. The van der Waals surface area contributed by atoms with Gasteiger partial charge in [0.05, 0.1) is 25.5 Å². The van der Waals surface area contributed by atoms with Gasteiger partial charge in [-0.1, -0.05) is 35.5 Å². The van der Waals surface area contributed by atoms with Crippen LogP contribution in [-0.2, 0) is 16.1 Å². The van der Waals surface area contributed by atoms with Crippen LogP contribution in [-0.4, -0.2) is 57.6 Å². The summed E-state index contributed by atoms with van der Waals surface area (Å²) >= 11 is 7.30. The molecule has 1 amide bonds. The molecule has 4 rings (SSSR count). The average Bonchev–Trinajstić information content (AvgIpc) is 3.21. The van der Waals surface area contributed by atoms with Crippen molar-refractivity contribution in [2.75, 3.05) is 37.4 Å². The van der Waals surface area contributed by atoms with Gasteiger partial charge in [0, 0.05) is 35.1 Å². The van der Waals surface area contributed by atoms with Crippen LogP contribution in [0.2, 0.25) is 5.02 Å². The first kappa shape index (κ1) is 23.6. The highest BCUT2D eigenvalue weighted by Gasteiger charge is 2.20. The third-order valence-corrected chi connectivity index (χ3v) is 6.21. The fourth-order valence-corrected chi connectivity index (χ4v) is 4.24. The molecule has 1 aliphatic rings. The van der Waals surface area contributed by atoms with E-state index in [1.807, 2.05) is 16.7 Å². The molecule has 0 atom stereocenters. The van der Waals surface area contributed by atoms with E-state index < -0.39 is 6.43 Å². The number of thioether (sulfide) groups is 1. The van der Waals surface area contributed by atoms with Crippen LogP contribution in [0.25, 0.3) is 5.69 Å². The van der Waals surface area contributed by atoms with Gasteiger partial charge in [-0.05, 0) is 36.4 Å². The maximum Gasteiger partial charge on any atom is 0.263 e. The molecule has 1 N–H and O–H groups in total. The summed E-state index contributed by atoms with van der Waals surface area (Å²) in [4.78, 5) is 14.7. The molecule has 33 heavy (non-hydrogen) atoms. The molecule has 0 saturated carbocycles. The van der Waals surface area contributed by atoms with E-state index in [0.717, 1.165) is 24.6 Å². The number of halogens is 3. The number of morpholine rings is 1. The highest BCUT2D eigenvalue weighted by Crippen LogP contribution is 2.25. The van der Waals surface area contributed by atoms with Crippen LogP contribution < -0.4 is 5.32 Å². The van der Waals surface area contributed by atoms with Gasteiger partial charge in [0.2, 0.25) is 5.91 Å². The van der Waals surface area contributed by atoms with Gasteiger partial charge in [-0.2, -0.15) is 0 Å². The fraction of sp³-hybridized carbons (Fsp3) is 0.318. The third kappa shape index (κ3) is 6.29. The average molecular weight is 494 g/mol. The quantitative estimate of drug-likeness (QED) is 0.468. The van der Waals surface area contributed by atoms with Gasteiger partial charge in [-0.25, -0.2) is 8.78 Å². The van der Waals surface area contributed by atoms with Crippen molar-refractivity contribution in [1.82, 2.24) is 19.7 Å². The number of benzene rings is 2. The molecule has 2 heterocycles. The molecule has 174 valence electrons. The first-order valence-electron chi connectivity index (χ1n) is 10.3. The van der Waals surface area contributed by atoms with Crippen molar-refractivity contribution in [2.24, 2.45) is 0 Å². The van der Waals surface area contributed by atoms with Crippen LogP contribution in [0.3, 0.4) is 0 Å². The molecule has 3 aromatic rings. The van der Waals surface area contributed by atoms with Gasteiger partial charge in [-0.3, -0.25) is 14.3 Å². The largest absolute Gasteiger partial charge is 0.379 e. The van der Waals surface area contributed by atoms with Gasteiger partial charge < -0.3 is 10.1 Å². The van der Waals surface area contributed by atoms with Crippen molar-refractivity contribution in [2.45, 2.75) is 18.1 Å². The Morgan fingerprint density at radius 1 is 1.09 bits per heavy atom. The van der Waals surface area contributed by atoms with Crippen molar-refractivity contribution in [1.29, 1.82) is 0 Å². The van der Waals surface area contributed by atoms with E-state index in [9.17, 15) is 13.6 Å². The summed E-state index contributed by atoms with van der Waals surface area (Å²) in [5.74, 6) is 0.565. The van der Waals surface area contributed by atoms with Crippen LogP contribution in [0.15, 0.2) is 53.7 Å². The van der Waals surface area contributed by atoms with E-state index >= 15 is 0 Å². The number of hydrogen-bond acceptors (Lipinski definition) is 6. The minimum Gasteiger partial charge on any atom is -0.379 e. The van der Waals surface area contributed by atoms with Gasteiger partial charge in [0.15, 0.2) is 11.0 Å². The van der Waals surface area contributed by atoms with Crippen LogP contribution in [0.1, 0.15) is 17.8 Å². The molecule has 0 aliphatic carbocycles. The normalized spacial score (nSPS) is 14.5. The van der Waals surface area contributed by atoms with E-state index in [4.69, 9.17) is 16.3 Å². The minimum atomic E-state index is -2.55. The highest BCUT2D eigenvalue weighted by molar-refractivity contribution is 7.99. The molecule has 0 unspecified atom stereocenters. The molecule has 0 bridgehead atoms. The first-order valence-corrected chi connectivity index (χ1v) is 11.7. The molecule has 1 aliphatic heterocycles. The second kappa shape index (κ2) is 11.1. The molecule has 2 aromatic carbocycles. The number of carbonyl (C=O) groups is 1. The Hall–Kier alpha value is -2.53. The lowest BCUT2D eigenvalue weighted by Gasteiger charge is -2.26. The zero-order valence-electron chi connectivity index (χ0n) is 17.6. The number of anilines is 1. The smallest absolute Gasteiger partial charge is 0.263 e. The summed E-state index contributed by atoms with van der Waals surface area (Å²) in [6, 6.07) is 12.8. The summed E-state index contributed by atoms with van der Waals surface area (Å²) in [6.45, 7) is 3.57. The first-order chi connectivity index (χ1) is 16.0. The number of hydrogen-bond donors (Lipinski definition) is 1. The predicted octanol–water partition coefficient (Wildman–Crippen LogP) is 4.42. The van der Waals surface area contributed by atoms with E-state index in [2.05, 4.69) is 20.4 Å². The molecule has 1 saturated heterocycles. The maximum atomic E-state index is 12.7. The molecular weight excluding hydrogens is 472 g/mol. The van der Waals surface area contributed by atoms with Gasteiger partial charge in [-0.15, -0.1) is 10.2 Å². The van der Waals surface area contributed by atoms with Crippen molar-refractivity contribution < 1.29 is 18.3 Å². The van der Waals surface area contributed by atoms with Crippen molar-refractivity contribution in [3.8, 4) is 5.69 Å². The summed E-state index contributed by atoms with van der Waals surface area (Å²) in [5, 5.41) is 12.6. The lowest BCUT2D eigenvalue weighted by atomic mass is 10.2. The fourth-order valence-electron chi connectivity index (χ4n) is 3.34. The van der Waals surface area contributed by atoms with Gasteiger partial charge >= 0.3 is 0 Å². The number of carbonyl (C=O) groups excluding carboxylic acids is 1. The molecule has 0 radical (unpaired) electrons. The molecular formula is C22H22ClF2N5O2S. The van der Waals surface area contributed by atoms with Gasteiger partial charge in [0.25, 0.3) is 6.43 Å². The number of ether oxygens (including phenoxy) is 1. The second-order valence-electron chi connectivity index (χ2n) is 7.36. The summed E-state index contributed by atoms with van der Waals surface area (Å²) in [7, 11) is 0. The van der Waals surface area contributed by atoms with Crippen LogP contribution in [0, 0.1) is 0 Å². The summed E-state index contributed by atoms with van der Waals surface area (Å²) in [6.07, 6.45) is -2.55. The Balaban J connectivity index is 1.46. The standard InChI is InChI=1S/C22H22ClF2N5O2S/c23-16-3-7-18(8-4-16)30-19(13-29-9-11-32-12-10-29)27-28-22(30)33-14-20(31)26-17-5-1-15(2-6-17)21(24)25/h1-8,21H,9-14H2,(H,26,31). The van der Waals surface area contributed by atoms with Crippen LogP contribution >= 0.6 is 23.4 Å². The topological polar surface area (TPSA) is 72.3 Å². The van der Waals surface area contributed by atoms with Gasteiger partial charge in [0.1, 0.15) is 0 Å². The Morgan fingerprint density at radius 3 is 2.45 bits per heavy atom. The highest BCUT2D eigenvalue weighted by atomic mass is 35.5. The lowest BCUT2D eigenvalue weighted by Crippen LogP contribution is -2.36. The molecule has 7 nitrogen and oxygen atoms in total. The zero-order valence-corrected chi connectivity index (χ0v) is 19.2. The molecule has 1 aromatic heterocycles. The molecule has 11 heteroatoms. The van der Waals surface area contributed by atoms with Crippen molar-refractivity contribution >= 4 is 35.0 Å². The SMILES string of the molecule is O=C(CSc1nnc(CN2CCOCC2)n1-c1ccc(Cl)cc1)Nc1ccc(C(F)F)cc1. The van der Waals surface area contributed by atoms with Crippen molar-refractivity contribution in [3.05, 3.63) is 64.9 Å². The Morgan fingerprint density at radius 2 is 1.79 bits per heavy atom. The molecule has 0 spiro atoms. The van der Waals surface area contributed by atoms with Crippen LogP contribution in [0.4, 0.5) is 14.5 Å². The molecule has 1 fully saturated rings. The lowest BCUT2D eigenvalue weighted by molar-refractivity contribution is -0.113. The van der Waals surface area contributed by atoms with Crippen LogP contribution in [0.5, 0.6) is 0 Å². The van der Waals surface area contributed by atoms with E-state index in [-0.39, 0.29) is 17.2 Å². The number of rotatable bonds is 8. The van der Waals surface area contributed by atoms with Crippen molar-refractivity contribution in [3.63, 3.8) is 0 Å². The Kier molecular flexibility index (Phi) is 7.92. The monoisotopic (exact) mass is 493 g/mol. The van der Waals surface area contributed by atoms with E-state index in [1.165, 1.54) is 36.0 Å².